The van der Waals surface area contributed by atoms with Crippen molar-refractivity contribution in [3.63, 3.8) is 0 Å². The highest BCUT2D eigenvalue weighted by atomic mass is 19.1. The van der Waals surface area contributed by atoms with Crippen LogP contribution in [0.4, 0.5) is 15.8 Å². The van der Waals surface area contributed by atoms with E-state index in [1.54, 1.807) is 6.07 Å². The minimum absolute atomic E-state index is 0.209. The molecule has 90 valence electrons. The van der Waals surface area contributed by atoms with Gasteiger partial charge in [0, 0.05) is 6.04 Å². The van der Waals surface area contributed by atoms with Gasteiger partial charge in [-0.2, -0.15) is 0 Å². The lowest BCUT2D eigenvalue weighted by Crippen LogP contribution is -2.25. The molecule has 2 nitrogen and oxygen atoms in total. The third kappa shape index (κ3) is 2.87. The van der Waals surface area contributed by atoms with Crippen LogP contribution in [0.5, 0.6) is 0 Å². The maximum absolute atomic E-state index is 13.2. The van der Waals surface area contributed by atoms with Crippen molar-refractivity contribution in [2.75, 3.05) is 11.1 Å². The lowest BCUT2D eigenvalue weighted by Gasteiger charge is -2.24. The molecular weight excluding hydrogens is 203 g/mol. The van der Waals surface area contributed by atoms with Crippen molar-refractivity contribution in [1.82, 2.24) is 0 Å². The smallest absolute Gasteiger partial charge is 0.148 e. The summed E-state index contributed by atoms with van der Waals surface area (Å²) in [6.07, 6.45) is 2.22. The Morgan fingerprint density at radius 1 is 1.31 bits per heavy atom. The normalized spacial score (nSPS) is 12.8. The molecule has 0 bridgehead atoms. The number of halogens is 1. The Morgan fingerprint density at radius 2 is 1.94 bits per heavy atom. The van der Waals surface area contributed by atoms with Gasteiger partial charge in [0.1, 0.15) is 5.82 Å². The van der Waals surface area contributed by atoms with Crippen LogP contribution in [0.25, 0.3) is 0 Å². The molecule has 1 unspecified atom stereocenters. The molecular formula is C13H21FN2. The molecule has 0 aliphatic heterocycles. The molecule has 0 aliphatic rings. The molecule has 0 aliphatic carbocycles. The summed E-state index contributed by atoms with van der Waals surface area (Å²) in [4.78, 5) is 0. The second-order valence-corrected chi connectivity index (χ2v) is 4.21. The fourth-order valence-corrected chi connectivity index (χ4v) is 2.02. The van der Waals surface area contributed by atoms with Gasteiger partial charge in [-0.1, -0.05) is 32.8 Å². The van der Waals surface area contributed by atoms with Gasteiger partial charge in [-0.25, -0.2) is 4.39 Å². The summed E-state index contributed by atoms with van der Waals surface area (Å²) < 4.78 is 13.2. The van der Waals surface area contributed by atoms with Crippen LogP contribution in [-0.2, 0) is 0 Å². The largest absolute Gasteiger partial charge is 0.395 e. The molecule has 0 aromatic heterocycles. The molecule has 0 heterocycles. The third-order valence-corrected chi connectivity index (χ3v) is 3.19. The lowest BCUT2D eigenvalue weighted by atomic mass is 9.95. The van der Waals surface area contributed by atoms with Crippen molar-refractivity contribution in [3.8, 4) is 0 Å². The van der Waals surface area contributed by atoms with Crippen molar-refractivity contribution in [1.29, 1.82) is 0 Å². The van der Waals surface area contributed by atoms with Crippen LogP contribution in [0.3, 0.4) is 0 Å². The standard InChI is InChI=1S/C13H21FN2/c1-4-10(5-2)9(3)16-12-8-6-7-11(14)13(12)15/h6-10,16H,4-5,15H2,1-3H3. The van der Waals surface area contributed by atoms with Crippen LogP contribution < -0.4 is 11.1 Å². The minimum Gasteiger partial charge on any atom is -0.395 e. The maximum atomic E-state index is 13.2. The highest BCUT2D eigenvalue weighted by Gasteiger charge is 2.14. The van der Waals surface area contributed by atoms with Crippen LogP contribution in [0, 0.1) is 11.7 Å². The highest BCUT2D eigenvalue weighted by Crippen LogP contribution is 2.24. The van der Waals surface area contributed by atoms with Crippen LogP contribution in [-0.4, -0.2) is 6.04 Å². The molecule has 0 fully saturated rings. The number of nitrogens with one attached hydrogen (secondary N) is 1. The topological polar surface area (TPSA) is 38.0 Å². The van der Waals surface area contributed by atoms with Crippen LogP contribution >= 0.6 is 0 Å². The number of hydrogen-bond donors (Lipinski definition) is 2. The Balaban J connectivity index is 2.76. The SMILES string of the molecule is CCC(CC)C(C)Nc1cccc(F)c1N. The van der Waals surface area contributed by atoms with Gasteiger partial charge in [0.25, 0.3) is 0 Å². The van der Waals surface area contributed by atoms with Gasteiger partial charge in [-0.15, -0.1) is 0 Å². The van der Waals surface area contributed by atoms with Crippen LogP contribution in [0.15, 0.2) is 18.2 Å². The van der Waals surface area contributed by atoms with E-state index in [2.05, 4.69) is 26.1 Å². The number of nitrogens with two attached hydrogens (primary N) is 1. The Hall–Kier alpha value is -1.25. The van der Waals surface area contributed by atoms with E-state index in [-0.39, 0.29) is 11.5 Å². The summed E-state index contributed by atoms with van der Waals surface area (Å²) in [6.45, 7) is 6.45. The molecule has 0 saturated carbocycles. The summed E-state index contributed by atoms with van der Waals surface area (Å²) in [5, 5.41) is 3.29. The molecule has 1 atom stereocenters. The second-order valence-electron chi connectivity index (χ2n) is 4.21. The summed E-state index contributed by atoms with van der Waals surface area (Å²) in [5.41, 5.74) is 6.58. The van der Waals surface area contributed by atoms with Crippen molar-refractivity contribution >= 4 is 11.4 Å². The van der Waals surface area contributed by atoms with Crippen molar-refractivity contribution < 1.29 is 4.39 Å². The van der Waals surface area contributed by atoms with Gasteiger partial charge in [-0.05, 0) is 25.0 Å². The number of nitrogen functional groups attached to an aromatic ring is 1. The first kappa shape index (κ1) is 12.8. The van der Waals surface area contributed by atoms with Crippen LogP contribution in [0.2, 0.25) is 0 Å². The monoisotopic (exact) mass is 224 g/mol. The Bertz CT molecular complexity index is 335. The zero-order chi connectivity index (χ0) is 12.1. The number of rotatable bonds is 5. The van der Waals surface area contributed by atoms with E-state index in [1.807, 2.05) is 6.07 Å². The van der Waals surface area contributed by atoms with Crippen molar-refractivity contribution in [3.05, 3.63) is 24.0 Å². The summed E-state index contributed by atoms with van der Waals surface area (Å²) in [5.74, 6) is 0.226. The third-order valence-electron chi connectivity index (χ3n) is 3.19. The van der Waals surface area contributed by atoms with Crippen LogP contribution in [0.1, 0.15) is 33.6 Å². The van der Waals surface area contributed by atoms with Crippen molar-refractivity contribution in [2.45, 2.75) is 39.7 Å². The molecule has 1 aromatic rings. The quantitative estimate of drug-likeness (QED) is 0.749. The van der Waals surface area contributed by atoms with E-state index < -0.39 is 0 Å². The first-order valence-electron chi connectivity index (χ1n) is 5.90. The molecule has 16 heavy (non-hydrogen) atoms. The predicted octanol–water partition coefficient (Wildman–Crippen LogP) is 3.64. The van der Waals surface area contributed by atoms with E-state index in [0.29, 0.717) is 17.6 Å². The van der Waals surface area contributed by atoms with Gasteiger partial charge in [0.15, 0.2) is 0 Å². The van der Waals surface area contributed by atoms with E-state index in [0.717, 1.165) is 12.8 Å². The Morgan fingerprint density at radius 3 is 2.50 bits per heavy atom. The van der Waals surface area contributed by atoms with Gasteiger partial charge >= 0.3 is 0 Å². The lowest BCUT2D eigenvalue weighted by molar-refractivity contribution is 0.438. The molecule has 0 saturated heterocycles. The Kier molecular flexibility index (Phi) is 4.59. The van der Waals surface area contributed by atoms with Gasteiger partial charge in [-0.3, -0.25) is 0 Å². The van der Waals surface area contributed by atoms with Gasteiger partial charge in [0.05, 0.1) is 11.4 Å². The van der Waals surface area contributed by atoms with Gasteiger partial charge < -0.3 is 11.1 Å². The average molecular weight is 224 g/mol. The van der Waals surface area contributed by atoms with E-state index in [9.17, 15) is 4.39 Å². The van der Waals surface area contributed by atoms with E-state index in [4.69, 9.17) is 5.73 Å². The number of benzene rings is 1. The zero-order valence-corrected chi connectivity index (χ0v) is 10.3. The second kappa shape index (κ2) is 5.73. The first-order valence-corrected chi connectivity index (χ1v) is 5.90. The fourth-order valence-electron chi connectivity index (χ4n) is 2.02. The van der Waals surface area contributed by atoms with E-state index >= 15 is 0 Å². The molecule has 3 heteroatoms. The molecule has 1 rings (SSSR count). The molecule has 0 spiro atoms. The molecule has 3 N–H and O–H groups in total. The van der Waals surface area contributed by atoms with Gasteiger partial charge in [0.2, 0.25) is 0 Å². The molecule has 1 aromatic carbocycles. The number of hydrogen-bond acceptors (Lipinski definition) is 2. The number of anilines is 2. The summed E-state index contributed by atoms with van der Waals surface area (Å²) in [6, 6.07) is 5.17. The minimum atomic E-state index is -0.359. The maximum Gasteiger partial charge on any atom is 0.148 e. The average Bonchev–Trinajstić information content (AvgIpc) is 2.26. The first-order chi connectivity index (χ1) is 7.60. The number of para-hydroxylation sites is 1. The summed E-state index contributed by atoms with van der Waals surface area (Å²) >= 11 is 0. The molecule has 0 amide bonds. The highest BCUT2D eigenvalue weighted by molar-refractivity contribution is 5.66. The predicted molar refractivity (Wildman–Crippen MR) is 68.0 cm³/mol. The fraction of sp³-hybridized carbons (Fsp3) is 0.538. The zero-order valence-electron chi connectivity index (χ0n) is 10.3. The van der Waals surface area contributed by atoms with E-state index in [1.165, 1.54) is 6.07 Å². The summed E-state index contributed by atoms with van der Waals surface area (Å²) in [7, 11) is 0. The molecule has 0 radical (unpaired) electrons. The van der Waals surface area contributed by atoms with Crippen molar-refractivity contribution in [2.24, 2.45) is 5.92 Å². The Labute approximate surface area is 97.0 Å².